The first-order valence-corrected chi connectivity index (χ1v) is 7.08. The lowest BCUT2D eigenvalue weighted by atomic mass is 9.92. The highest BCUT2D eigenvalue weighted by molar-refractivity contribution is 6.03. The number of amides is 2. The second-order valence-electron chi connectivity index (χ2n) is 5.11. The van der Waals surface area contributed by atoms with Gasteiger partial charge in [0.25, 0.3) is 11.8 Å². The molecule has 0 radical (unpaired) electrons. The van der Waals surface area contributed by atoms with Gasteiger partial charge in [0, 0.05) is 13.3 Å². The van der Waals surface area contributed by atoms with Crippen molar-refractivity contribution in [1.82, 2.24) is 5.06 Å². The van der Waals surface area contributed by atoms with Crippen LogP contribution in [0.1, 0.15) is 18.9 Å². The Labute approximate surface area is 137 Å². The molecule has 1 heterocycles. The monoisotopic (exact) mass is 336 g/mol. The van der Waals surface area contributed by atoms with E-state index in [1.807, 2.05) is 6.07 Å². The van der Waals surface area contributed by atoms with Crippen LogP contribution in [0.5, 0.6) is 0 Å². The smallest absolute Gasteiger partial charge is 0.342 e. The van der Waals surface area contributed by atoms with Crippen LogP contribution in [0.2, 0.25) is 0 Å². The standard InChI is InChI=1S/C15H16N2O7/c1-9(18)23-24-17-12(19)7-11(13(16)14(17)20)15(21)22-8-10-5-3-2-4-6-10/h2-6,11,13H,7-8,16H2,1H3. The van der Waals surface area contributed by atoms with E-state index >= 15 is 0 Å². The number of esters is 1. The summed E-state index contributed by atoms with van der Waals surface area (Å²) in [5, 5.41) is 0.229. The number of hydrogen-bond acceptors (Lipinski definition) is 8. The summed E-state index contributed by atoms with van der Waals surface area (Å²) in [6, 6.07) is 7.57. The molecule has 1 fully saturated rings. The van der Waals surface area contributed by atoms with Gasteiger partial charge in [-0.3, -0.25) is 19.3 Å². The molecule has 1 aliphatic rings. The summed E-state index contributed by atoms with van der Waals surface area (Å²) in [5.41, 5.74) is 6.44. The Bertz CT molecular complexity index is 646. The Morgan fingerprint density at radius 3 is 2.54 bits per heavy atom. The number of hydrogen-bond donors (Lipinski definition) is 1. The Morgan fingerprint density at radius 1 is 1.25 bits per heavy atom. The predicted octanol–water partition coefficient (Wildman–Crippen LogP) is -0.158. The van der Waals surface area contributed by atoms with Gasteiger partial charge in [0.2, 0.25) is 0 Å². The van der Waals surface area contributed by atoms with Gasteiger partial charge in [0.1, 0.15) is 12.6 Å². The van der Waals surface area contributed by atoms with Gasteiger partial charge < -0.3 is 10.5 Å². The summed E-state index contributed by atoms with van der Waals surface area (Å²) in [6.07, 6.45) is -0.401. The molecule has 0 bridgehead atoms. The number of hydroxylamine groups is 2. The van der Waals surface area contributed by atoms with Crippen molar-refractivity contribution in [3.63, 3.8) is 0 Å². The zero-order valence-electron chi connectivity index (χ0n) is 12.8. The van der Waals surface area contributed by atoms with Crippen LogP contribution in [0.15, 0.2) is 30.3 Å². The molecule has 1 aromatic rings. The van der Waals surface area contributed by atoms with E-state index in [9.17, 15) is 19.2 Å². The van der Waals surface area contributed by atoms with E-state index in [1.54, 1.807) is 24.3 Å². The first-order chi connectivity index (χ1) is 11.4. The van der Waals surface area contributed by atoms with Gasteiger partial charge in [0.05, 0.1) is 5.92 Å². The molecular formula is C15H16N2O7. The number of piperidine rings is 1. The second kappa shape index (κ2) is 7.66. The lowest BCUT2D eigenvalue weighted by Gasteiger charge is -2.30. The van der Waals surface area contributed by atoms with Crippen molar-refractivity contribution in [3.05, 3.63) is 35.9 Å². The van der Waals surface area contributed by atoms with Crippen LogP contribution in [-0.4, -0.2) is 34.9 Å². The van der Waals surface area contributed by atoms with Crippen LogP contribution >= 0.6 is 0 Å². The Kier molecular flexibility index (Phi) is 5.61. The highest BCUT2D eigenvalue weighted by Crippen LogP contribution is 2.21. The van der Waals surface area contributed by atoms with Crippen molar-refractivity contribution in [2.75, 3.05) is 0 Å². The zero-order valence-corrected chi connectivity index (χ0v) is 12.8. The Hall–Kier alpha value is -2.78. The fourth-order valence-electron chi connectivity index (χ4n) is 2.06. The molecule has 2 amide bonds. The summed E-state index contributed by atoms with van der Waals surface area (Å²) >= 11 is 0. The van der Waals surface area contributed by atoms with Crippen LogP contribution < -0.4 is 5.73 Å². The molecule has 2 unspecified atom stereocenters. The predicted molar refractivity (Wildman–Crippen MR) is 77.0 cm³/mol. The van der Waals surface area contributed by atoms with Crippen LogP contribution in [0, 0.1) is 5.92 Å². The quantitative estimate of drug-likeness (QED) is 0.340. The van der Waals surface area contributed by atoms with E-state index < -0.39 is 42.1 Å². The highest BCUT2D eigenvalue weighted by atomic mass is 17.3. The van der Waals surface area contributed by atoms with Gasteiger partial charge in [-0.15, -0.1) is 5.06 Å². The summed E-state index contributed by atoms with van der Waals surface area (Å²) in [7, 11) is 0. The molecule has 0 aromatic heterocycles. The maximum absolute atomic E-state index is 12.1. The third-order valence-corrected chi connectivity index (χ3v) is 3.30. The lowest BCUT2D eigenvalue weighted by Crippen LogP contribution is -2.57. The van der Waals surface area contributed by atoms with E-state index in [0.29, 0.717) is 0 Å². The van der Waals surface area contributed by atoms with E-state index in [4.69, 9.17) is 10.5 Å². The van der Waals surface area contributed by atoms with Crippen molar-refractivity contribution in [2.24, 2.45) is 11.7 Å². The van der Waals surface area contributed by atoms with Gasteiger partial charge >= 0.3 is 11.9 Å². The molecule has 0 saturated carbocycles. The van der Waals surface area contributed by atoms with Crippen molar-refractivity contribution < 1.29 is 33.8 Å². The van der Waals surface area contributed by atoms with Crippen molar-refractivity contribution in [1.29, 1.82) is 0 Å². The minimum absolute atomic E-state index is 0.00106. The number of benzene rings is 1. The van der Waals surface area contributed by atoms with E-state index in [-0.39, 0.29) is 11.7 Å². The summed E-state index contributed by atoms with van der Waals surface area (Å²) in [6.45, 7) is 1.03. The zero-order chi connectivity index (χ0) is 17.7. The molecule has 1 aliphatic heterocycles. The van der Waals surface area contributed by atoms with E-state index in [0.717, 1.165) is 12.5 Å². The largest absolute Gasteiger partial charge is 0.461 e. The van der Waals surface area contributed by atoms with Crippen LogP contribution in [0.4, 0.5) is 0 Å². The van der Waals surface area contributed by atoms with Crippen LogP contribution in [0.3, 0.4) is 0 Å². The normalized spacial score (nSPS) is 20.7. The summed E-state index contributed by atoms with van der Waals surface area (Å²) in [4.78, 5) is 55.1. The average Bonchev–Trinajstić information content (AvgIpc) is 2.56. The van der Waals surface area contributed by atoms with Gasteiger partial charge in [-0.2, -0.15) is 0 Å². The van der Waals surface area contributed by atoms with Gasteiger partial charge in [0.15, 0.2) is 0 Å². The second-order valence-corrected chi connectivity index (χ2v) is 5.11. The molecule has 128 valence electrons. The number of carbonyl (C=O) groups excluding carboxylic acids is 4. The summed E-state index contributed by atoms with van der Waals surface area (Å²) < 4.78 is 5.10. The van der Waals surface area contributed by atoms with Gasteiger partial charge in [-0.25, -0.2) is 4.79 Å². The number of nitrogens with zero attached hydrogens (tertiary/aromatic N) is 1. The SMILES string of the molecule is CC(=O)OON1C(=O)CC(C(=O)OCc2ccccc2)C(N)C1=O. The number of rotatable bonds is 5. The number of nitrogens with two attached hydrogens (primary N) is 1. The van der Waals surface area contributed by atoms with Crippen molar-refractivity contribution in [3.8, 4) is 0 Å². The third-order valence-electron chi connectivity index (χ3n) is 3.30. The molecule has 1 saturated heterocycles. The molecule has 2 rings (SSSR count). The summed E-state index contributed by atoms with van der Waals surface area (Å²) in [5.74, 6) is -4.60. The Balaban J connectivity index is 1.96. The molecule has 9 heteroatoms. The number of ether oxygens (including phenoxy) is 1. The lowest BCUT2D eigenvalue weighted by molar-refractivity contribution is -0.369. The topological polar surface area (TPSA) is 125 Å². The first kappa shape index (κ1) is 17.6. The minimum Gasteiger partial charge on any atom is -0.461 e. The molecule has 24 heavy (non-hydrogen) atoms. The maximum atomic E-state index is 12.1. The van der Waals surface area contributed by atoms with Gasteiger partial charge in [-0.1, -0.05) is 30.3 Å². The third kappa shape index (κ3) is 4.15. The molecule has 2 atom stereocenters. The van der Waals surface area contributed by atoms with Crippen molar-refractivity contribution >= 4 is 23.8 Å². The molecule has 0 aliphatic carbocycles. The highest BCUT2D eigenvalue weighted by Gasteiger charge is 2.45. The molecule has 1 aromatic carbocycles. The van der Waals surface area contributed by atoms with Gasteiger partial charge in [-0.05, 0) is 10.6 Å². The first-order valence-electron chi connectivity index (χ1n) is 7.08. The van der Waals surface area contributed by atoms with Crippen molar-refractivity contribution in [2.45, 2.75) is 26.0 Å². The number of carbonyl (C=O) groups is 4. The fraction of sp³-hybridized carbons (Fsp3) is 0.333. The molecular weight excluding hydrogens is 320 g/mol. The maximum Gasteiger partial charge on any atom is 0.342 e. The van der Waals surface area contributed by atoms with E-state index in [1.165, 1.54) is 0 Å². The van der Waals surface area contributed by atoms with Crippen LogP contribution in [0.25, 0.3) is 0 Å². The number of imide groups is 1. The minimum atomic E-state index is -1.35. The Morgan fingerprint density at radius 2 is 1.92 bits per heavy atom. The average molecular weight is 336 g/mol. The molecule has 2 N–H and O–H groups in total. The molecule has 9 nitrogen and oxygen atoms in total. The molecule has 0 spiro atoms. The van der Waals surface area contributed by atoms with Crippen LogP contribution in [-0.2, 0) is 40.4 Å². The fourth-order valence-corrected chi connectivity index (χ4v) is 2.06. The van der Waals surface area contributed by atoms with E-state index in [2.05, 4.69) is 9.88 Å².